The molecular formula is C30H31F2N5O. The average molecular weight is 516 g/mol. The minimum absolute atomic E-state index is 0.105. The van der Waals surface area contributed by atoms with Crippen molar-refractivity contribution >= 4 is 22.9 Å². The van der Waals surface area contributed by atoms with Crippen molar-refractivity contribution in [3.63, 3.8) is 0 Å². The third-order valence-electron chi connectivity index (χ3n) is 7.27. The second kappa shape index (κ2) is 11.6. The quantitative estimate of drug-likeness (QED) is 0.412. The highest BCUT2D eigenvalue weighted by atomic mass is 19.1. The lowest BCUT2D eigenvalue weighted by molar-refractivity contribution is -0.120. The number of carbonyl (C=O) groups is 1. The molecule has 38 heavy (non-hydrogen) atoms. The Balaban J connectivity index is 1.30. The highest BCUT2D eigenvalue weighted by Gasteiger charge is 2.27. The van der Waals surface area contributed by atoms with Gasteiger partial charge in [0, 0.05) is 43.0 Å². The molecule has 0 N–H and O–H groups in total. The Morgan fingerprint density at radius 1 is 1.03 bits per heavy atom. The summed E-state index contributed by atoms with van der Waals surface area (Å²) in [6.07, 6.45) is 10.3. The zero-order chi connectivity index (χ0) is 26.5. The van der Waals surface area contributed by atoms with Crippen LogP contribution in [0.2, 0.25) is 0 Å². The Kier molecular flexibility index (Phi) is 7.86. The van der Waals surface area contributed by atoms with Gasteiger partial charge in [-0.25, -0.2) is 8.78 Å². The molecule has 8 heteroatoms. The molecular weight excluding hydrogens is 484 g/mol. The van der Waals surface area contributed by atoms with Crippen LogP contribution in [0.4, 0.5) is 14.6 Å². The van der Waals surface area contributed by atoms with Gasteiger partial charge in [-0.05, 0) is 92.3 Å². The van der Waals surface area contributed by atoms with E-state index in [1.54, 1.807) is 24.4 Å². The van der Waals surface area contributed by atoms with Gasteiger partial charge in [0.1, 0.15) is 11.6 Å². The summed E-state index contributed by atoms with van der Waals surface area (Å²) in [4.78, 5) is 21.9. The Hall–Kier alpha value is -3.94. The van der Waals surface area contributed by atoms with Gasteiger partial charge >= 0.3 is 0 Å². The zero-order valence-corrected chi connectivity index (χ0v) is 21.4. The highest BCUT2D eigenvalue weighted by Crippen LogP contribution is 2.33. The van der Waals surface area contributed by atoms with Gasteiger partial charge < -0.3 is 9.80 Å². The fraction of sp³-hybridized carbons (Fsp3) is 0.333. The molecule has 0 amide bonds. The molecule has 2 aliphatic rings. The van der Waals surface area contributed by atoms with Gasteiger partial charge in [-0.15, -0.1) is 5.10 Å². The van der Waals surface area contributed by atoms with Crippen molar-refractivity contribution in [2.24, 2.45) is 5.92 Å². The number of aromatic nitrogens is 3. The SMILES string of the molecule is CC1C=C(c2ccc(F)cn2)C=C(c2ccc(F)cc2)N1CC(=O)CC1CCCN(c2cccnn2)CC1. The van der Waals surface area contributed by atoms with Gasteiger partial charge in [-0.1, -0.05) is 6.08 Å². The predicted molar refractivity (Wildman–Crippen MR) is 144 cm³/mol. The molecule has 4 heterocycles. The molecule has 196 valence electrons. The fourth-order valence-corrected chi connectivity index (χ4v) is 5.29. The predicted octanol–water partition coefficient (Wildman–Crippen LogP) is 5.54. The number of hydrogen-bond acceptors (Lipinski definition) is 6. The van der Waals surface area contributed by atoms with Crippen LogP contribution in [-0.4, -0.2) is 51.5 Å². The highest BCUT2D eigenvalue weighted by molar-refractivity contribution is 5.88. The van der Waals surface area contributed by atoms with Gasteiger partial charge in [-0.3, -0.25) is 9.78 Å². The van der Waals surface area contributed by atoms with E-state index in [2.05, 4.69) is 25.0 Å². The maximum absolute atomic E-state index is 13.7. The molecule has 1 fully saturated rings. The third kappa shape index (κ3) is 6.13. The number of ketones is 1. The summed E-state index contributed by atoms with van der Waals surface area (Å²) < 4.78 is 27.1. The number of benzene rings is 1. The summed E-state index contributed by atoms with van der Waals surface area (Å²) in [7, 11) is 0. The fourth-order valence-electron chi connectivity index (χ4n) is 5.29. The summed E-state index contributed by atoms with van der Waals surface area (Å²) in [6, 6.07) is 13.1. The number of pyridine rings is 1. The molecule has 0 bridgehead atoms. The van der Waals surface area contributed by atoms with Crippen molar-refractivity contribution in [1.82, 2.24) is 20.1 Å². The van der Waals surface area contributed by atoms with E-state index in [1.807, 2.05) is 31.2 Å². The lowest BCUT2D eigenvalue weighted by Gasteiger charge is -2.35. The molecule has 0 radical (unpaired) electrons. The number of rotatable bonds is 7. The largest absolute Gasteiger partial charge is 0.358 e. The number of anilines is 1. The Labute approximate surface area is 221 Å². The van der Waals surface area contributed by atoms with Crippen LogP contribution >= 0.6 is 0 Å². The standard InChI is InChI=1S/C30H31F2N5O/c1-21-16-24(28-11-10-26(32)19-33-28)18-29(23-6-8-25(31)9-7-23)37(21)20-27(38)17-22-4-3-14-36(15-12-22)30-5-2-13-34-35-30/h2,5-11,13,16,18-19,21-22H,3-4,12,14-15,17,20H2,1H3. The summed E-state index contributed by atoms with van der Waals surface area (Å²) in [6.45, 7) is 4.05. The van der Waals surface area contributed by atoms with Crippen LogP contribution in [0.15, 0.2) is 73.1 Å². The van der Waals surface area contributed by atoms with E-state index in [4.69, 9.17) is 0 Å². The molecule has 2 atom stereocenters. The van der Waals surface area contributed by atoms with Crippen LogP contribution < -0.4 is 4.90 Å². The Morgan fingerprint density at radius 2 is 1.84 bits per heavy atom. The molecule has 0 spiro atoms. The van der Waals surface area contributed by atoms with Gasteiger partial charge in [-0.2, -0.15) is 5.10 Å². The van der Waals surface area contributed by atoms with Crippen molar-refractivity contribution in [2.45, 2.75) is 38.6 Å². The first-order valence-corrected chi connectivity index (χ1v) is 13.1. The lowest BCUT2D eigenvalue weighted by Crippen LogP contribution is -2.37. The topological polar surface area (TPSA) is 62.2 Å². The van der Waals surface area contributed by atoms with E-state index in [0.717, 1.165) is 55.0 Å². The smallest absolute Gasteiger partial charge is 0.152 e. The Morgan fingerprint density at radius 3 is 2.58 bits per heavy atom. The van der Waals surface area contributed by atoms with Gasteiger partial charge in [0.2, 0.25) is 0 Å². The monoisotopic (exact) mass is 515 g/mol. The lowest BCUT2D eigenvalue weighted by atomic mass is 9.93. The zero-order valence-electron chi connectivity index (χ0n) is 21.4. The molecule has 1 aromatic carbocycles. The number of hydrogen-bond donors (Lipinski definition) is 0. The van der Waals surface area contributed by atoms with E-state index in [1.165, 1.54) is 24.4 Å². The van der Waals surface area contributed by atoms with E-state index in [0.29, 0.717) is 18.0 Å². The van der Waals surface area contributed by atoms with E-state index < -0.39 is 5.82 Å². The molecule has 2 aliphatic heterocycles. The first-order valence-electron chi connectivity index (χ1n) is 13.1. The van der Waals surface area contributed by atoms with E-state index >= 15 is 0 Å². The molecule has 3 aromatic rings. The van der Waals surface area contributed by atoms with Crippen molar-refractivity contribution in [3.05, 3.63) is 96.0 Å². The van der Waals surface area contributed by atoms with Gasteiger partial charge in [0.25, 0.3) is 0 Å². The number of halogens is 2. The third-order valence-corrected chi connectivity index (χ3v) is 7.27. The van der Waals surface area contributed by atoms with Crippen molar-refractivity contribution in [1.29, 1.82) is 0 Å². The first-order chi connectivity index (χ1) is 18.5. The summed E-state index contributed by atoms with van der Waals surface area (Å²) in [5, 5.41) is 8.23. The number of nitrogens with zero attached hydrogens (tertiary/aromatic N) is 5. The summed E-state index contributed by atoms with van der Waals surface area (Å²) >= 11 is 0. The minimum Gasteiger partial charge on any atom is -0.358 e. The maximum atomic E-state index is 13.7. The minimum atomic E-state index is -0.397. The van der Waals surface area contributed by atoms with Crippen LogP contribution in [0.3, 0.4) is 0 Å². The summed E-state index contributed by atoms with van der Waals surface area (Å²) in [5.41, 5.74) is 3.13. The van der Waals surface area contributed by atoms with Crippen molar-refractivity contribution < 1.29 is 13.6 Å². The molecule has 6 nitrogen and oxygen atoms in total. The molecule has 0 aliphatic carbocycles. The number of allylic oxidation sites excluding steroid dienone is 2. The first kappa shape index (κ1) is 25.7. The van der Waals surface area contributed by atoms with E-state index in [9.17, 15) is 13.6 Å². The summed E-state index contributed by atoms with van der Waals surface area (Å²) in [5.74, 6) is 0.665. The Bertz CT molecular complexity index is 1310. The molecule has 2 unspecified atom stereocenters. The van der Waals surface area contributed by atoms with Crippen LogP contribution in [0.25, 0.3) is 11.3 Å². The maximum Gasteiger partial charge on any atom is 0.152 e. The normalized spacial score (nSPS) is 20.0. The van der Waals surface area contributed by atoms with Crippen molar-refractivity contribution in [3.8, 4) is 0 Å². The molecule has 0 saturated carbocycles. The van der Waals surface area contributed by atoms with Crippen molar-refractivity contribution in [2.75, 3.05) is 24.5 Å². The second-order valence-electron chi connectivity index (χ2n) is 10.00. The molecule has 5 rings (SSSR count). The average Bonchev–Trinajstić information content (AvgIpc) is 3.17. The molecule has 1 saturated heterocycles. The van der Waals surface area contributed by atoms with E-state index in [-0.39, 0.29) is 24.2 Å². The van der Waals surface area contributed by atoms with Crippen LogP contribution in [0.5, 0.6) is 0 Å². The second-order valence-corrected chi connectivity index (χ2v) is 10.00. The van der Waals surface area contributed by atoms with Crippen LogP contribution in [0, 0.1) is 17.6 Å². The molecule has 2 aromatic heterocycles. The number of carbonyl (C=O) groups excluding carboxylic acids is 1. The van der Waals surface area contributed by atoms with Crippen LogP contribution in [0.1, 0.15) is 43.9 Å². The van der Waals surface area contributed by atoms with Gasteiger partial charge in [0.15, 0.2) is 11.6 Å². The van der Waals surface area contributed by atoms with Crippen LogP contribution in [-0.2, 0) is 4.79 Å². The van der Waals surface area contributed by atoms with Gasteiger partial charge in [0.05, 0.1) is 18.4 Å². The number of Topliss-reactive ketones (excluding diaryl/α,β-unsaturated/α-hetero) is 1.